The van der Waals surface area contributed by atoms with Crippen LogP contribution < -0.4 is 0 Å². The van der Waals surface area contributed by atoms with Crippen LogP contribution in [0.1, 0.15) is 30.9 Å². The van der Waals surface area contributed by atoms with Crippen LogP contribution >= 0.6 is 0 Å². The van der Waals surface area contributed by atoms with E-state index in [0.717, 1.165) is 6.54 Å². The second-order valence-corrected chi connectivity index (χ2v) is 3.95. The molecule has 0 saturated carbocycles. The Bertz CT molecular complexity index is 418. The number of benzene rings is 1. The zero-order chi connectivity index (χ0) is 10.7. The van der Waals surface area contributed by atoms with Gasteiger partial charge in [-0.2, -0.15) is 0 Å². The van der Waals surface area contributed by atoms with Crippen molar-refractivity contribution in [3.05, 3.63) is 47.8 Å². The van der Waals surface area contributed by atoms with E-state index in [1.54, 1.807) is 6.20 Å². The molecule has 0 unspecified atom stereocenters. The van der Waals surface area contributed by atoms with Crippen molar-refractivity contribution in [2.24, 2.45) is 0 Å². The molecule has 78 valence electrons. The standard InChI is InChI=1S/C12H15N3/c1-10(2)12-6-4-3-5-11(12)9-15-8-7-13-14-15/h3-8,10H,9H2,1-2H3. The molecular formula is C12H15N3. The highest BCUT2D eigenvalue weighted by atomic mass is 15.4. The van der Waals surface area contributed by atoms with E-state index in [0.29, 0.717) is 5.92 Å². The molecule has 0 atom stereocenters. The average Bonchev–Trinajstić information content (AvgIpc) is 2.71. The highest BCUT2D eigenvalue weighted by Gasteiger charge is 2.05. The highest BCUT2D eigenvalue weighted by molar-refractivity contribution is 5.29. The monoisotopic (exact) mass is 201 g/mol. The van der Waals surface area contributed by atoms with E-state index >= 15 is 0 Å². The van der Waals surface area contributed by atoms with Gasteiger partial charge in [0.1, 0.15) is 0 Å². The molecule has 0 saturated heterocycles. The molecule has 0 amide bonds. The minimum absolute atomic E-state index is 0.546. The third-order valence-corrected chi connectivity index (χ3v) is 2.48. The molecule has 15 heavy (non-hydrogen) atoms. The Kier molecular flexibility index (Phi) is 2.81. The van der Waals surface area contributed by atoms with Gasteiger partial charge in [0, 0.05) is 6.20 Å². The Morgan fingerprint density at radius 2 is 2.07 bits per heavy atom. The van der Waals surface area contributed by atoms with Gasteiger partial charge in [-0.25, -0.2) is 4.68 Å². The molecule has 1 aromatic heterocycles. The van der Waals surface area contributed by atoms with Crippen molar-refractivity contribution in [3.8, 4) is 0 Å². The van der Waals surface area contributed by atoms with Crippen LogP contribution in [0.2, 0.25) is 0 Å². The summed E-state index contributed by atoms with van der Waals surface area (Å²) in [5.41, 5.74) is 2.70. The Hall–Kier alpha value is -1.64. The van der Waals surface area contributed by atoms with Gasteiger partial charge in [0.2, 0.25) is 0 Å². The van der Waals surface area contributed by atoms with Gasteiger partial charge in [-0.15, -0.1) is 5.10 Å². The number of hydrogen-bond acceptors (Lipinski definition) is 2. The van der Waals surface area contributed by atoms with Gasteiger partial charge in [0.25, 0.3) is 0 Å². The predicted molar refractivity (Wildman–Crippen MR) is 59.7 cm³/mol. The molecular weight excluding hydrogens is 186 g/mol. The molecule has 2 aromatic rings. The Morgan fingerprint density at radius 3 is 2.73 bits per heavy atom. The maximum absolute atomic E-state index is 3.98. The smallest absolute Gasteiger partial charge is 0.0693 e. The third kappa shape index (κ3) is 2.24. The molecule has 0 aliphatic heterocycles. The van der Waals surface area contributed by atoms with Crippen molar-refractivity contribution in [2.45, 2.75) is 26.3 Å². The zero-order valence-corrected chi connectivity index (χ0v) is 9.09. The minimum Gasteiger partial charge on any atom is -0.248 e. The molecule has 3 heteroatoms. The zero-order valence-electron chi connectivity index (χ0n) is 9.09. The van der Waals surface area contributed by atoms with Gasteiger partial charge < -0.3 is 0 Å². The first-order chi connectivity index (χ1) is 7.27. The van der Waals surface area contributed by atoms with Crippen molar-refractivity contribution in [1.82, 2.24) is 15.0 Å². The van der Waals surface area contributed by atoms with Crippen LogP contribution in [0, 0.1) is 0 Å². The average molecular weight is 201 g/mol. The summed E-state index contributed by atoms with van der Waals surface area (Å²) in [7, 11) is 0. The van der Waals surface area contributed by atoms with Gasteiger partial charge in [0.05, 0.1) is 12.7 Å². The summed E-state index contributed by atoms with van der Waals surface area (Å²) in [6, 6.07) is 8.48. The van der Waals surface area contributed by atoms with E-state index in [4.69, 9.17) is 0 Å². The van der Waals surface area contributed by atoms with Gasteiger partial charge in [-0.05, 0) is 17.0 Å². The number of nitrogens with zero attached hydrogens (tertiary/aromatic N) is 3. The van der Waals surface area contributed by atoms with Crippen molar-refractivity contribution in [2.75, 3.05) is 0 Å². The van der Waals surface area contributed by atoms with Gasteiger partial charge in [-0.1, -0.05) is 43.3 Å². The van der Waals surface area contributed by atoms with Crippen LogP contribution in [0.15, 0.2) is 36.7 Å². The fraction of sp³-hybridized carbons (Fsp3) is 0.333. The van der Waals surface area contributed by atoms with E-state index < -0.39 is 0 Å². The lowest BCUT2D eigenvalue weighted by Gasteiger charge is -2.11. The van der Waals surface area contributed by atoms with Crippen LogP contribution in [0.25, 0.3) is 0 Å². The SMILES string of the molecule is CC(C)c1ccccc1Cn1ccnn1. The van der Waals surface area contributed by atoms with Crippen molar-refractivity contribution >= 4 is 0 Å². The lowest BCUT2D eigenvalue weighted by atomic mass is 9.97. The lowest BCUT2D eigenvalue weighted by molar-refractivity contribution is 0.641. The summed E-state index contributed by atoms with van der Waals surface area (Å²) in [6.07, 6.45) is 3.59. The Morgan fingerprint density at radius 1 is 1.27 bits per heavy atom. The minimum atomic E-state index is 0.546. The molecule has 0 N–H and O–H groups in total. The normalized spacial score (nSPS) is 10.9. The quantitative estimate of drug-likeness (QED) is 0.763. The fourth-order valence-electron chi connectivity index (χ4n) is 1.73. The number of rotatable bonds is 3. The third-order valence-electron chi connectivity index (χ3n) is 2.48. The van der Waals surface area contributed by atoms with Crippen LogP contribution in [0.3, 0.4) is 0 Å². The second-order valence-electron chi connectivity index (χ2n) is 3.95. The summed E-state index contributed by atoms with van der Waals surface area (Å²) < 4.78 is 1.85. The van der Waals surface area contributed by atoms with E-state index in [1.807, 2.05) is 10.9 Å². The van der Waals surface area contributed by atoms with Crippen LogP contribution in [-0.2, 0) is 6.54 Å². The first-order valence-electron chi connectivity index (χ1n) is 5.19. The molecule has 0 aliphatic rings. The molecule has 0 radical (unpaired) electrons. The molecule has 0 fully saturated rings. The van der Waals surface area contributed by atoms with Crippen molar-refractivity contribution in [1.29, 1.82) is 0 Å². The summed E-state index contributed by atoms with van der Waals surface area (Å²) in [5.74, 6) is 0.546. The predicted octanol–water partition coefficient (Wildman–Crippen LogP) is 2.45. The fourth-order valence-corrected chi connectivity index (χ4v) is 1.73. The second kappa shape index (κ2) is 4.26. The highest BCUT2D eigenvalue weighted by Crippen LogP contribution is 2.19. The maximum Gasteiger partial charge on any atom is 0.0693 e. The van der Waals surface area contributed by atoms with Crippen LogP contribution in [0.5, 0.6) is 0 Å². The Balaban J connectivity index is 2.28. The molecule has 0 aliphatic carbocycles. The molecule has 0 spiro atoms. The van der Waals surface area contributed by atoms with Gasteiger partial charge in [-0.3, -0.25) is 0 Å². The first-order valence-corrected chi connectivity index (χ1v) is 5.19. The van der Waals surface area contributed by atoms with Crippen molar-refractivity contribution < 1.29 is 0 Å². The van der Waals surface area contributed by atoms with Crippen LogP contribution in [-0.4, -0.2) is 15.0 Å². The molecule has 3 nitrogen and oxygen atoms in total. The summed E-state index contributed by atoms with van der Waals surface area (Å²) in [4.78, 5) is 0. The van der Waals surface area contributed by atoms with E-state index in [2.05, 4.69) is 48.4 Å². The van der Waals surface area contributed by atoms with E-state index in [-0.39, 0.29) is 0 Å². The molecule has 0 bridgehead atoms. The molecule has 1 aromatic carbocycles. The number of aromatic nitrogens is 3. The van der Waals surface area contributed by atoms with Gasteiger partial charge in [0.15, 0.2) is 0 Å². The molecule has 2 rings (SSSR count). The molecule has 1 heterocycles. The Labute approximate surface area is 89.7 Å². The van der Waals surface area contributed by atoms with Crippen LogP contribution in [0.4, 0.5) is 0 Å². The van der Waals surface area contributed by atoms with E-state index in [9.17, 15) is 0 Å². The summed E-state index contributed by atoms with van der Waals surface area (Å²) in [6.45, 7) is 5.22. The largest absolute Gasteiger partial charge is 0.248 e. The van der Waals surface area contributed by atoms with Crippen molar-refractivity contribution in [3.63, 3.8) is 0 Å². The van der Waals surface area contributed by atoms with Gasteiger partial charge >= 0.3 is 0 Å². The van der Waals surface area contributed by atoms with E-state index in [1.165, 1.54) is 11.1 Å². The number of hydrogen-bond donors (Lipinski definition) is 0. The summed E-state index contributed by atoms with van der Waals surface area (Å²) in [5, 5.41) is 7.78. The maximum atomic E-state index is 3.98. The lowest BCUT2D eigenvalue weighted by Crippen LogP contribution is -2.04. The first kappa shape index (κ1) is 9.90. The summed E-state index contributed by atoms with van der Waals surface area (Å²) >= 11 is 0. The topological polar surface area (TPSA) is 30.7 Å².